The Bertz CT molecular complexity index is 653. The lowest BCUT2D eigenvalue weighted by molar-refractivity contribution is 0.0714. The zero-order valence-corrected chi connectivity index (χ0v) is 13.2. The molecule has 2 aromatic rings. The van der Waals surface area contributed by atoms with Crippen LogP contribution in [0.25, 0.3) is 0 Å². The quantitative estimate of drug-likeness (QED) is 0.853. The minimum absolute atomic E-state index is 0.124. The third kappa shape index (κ3) is 2.74. The van der Waals surface area contributed by atoms with Gasteiger partial charge in [-0.15, -0.1) is 0 Å². The predicted molar refractivity (Wildman–Crippen MR) is 89.5 cm³/mol. The number of nitrogens with zero attached hydrogens (tertiary/aromatic N) is 2. The Balaban J connectivity index is 1.49. The molecule has 2 fully saturated rings. The highest BCUT2D eigenvalue weighted by molar-refractivity contribution is 5.94. The standard InChI is InChI=1S/C19H22N2O2/c22-19(16-9-13-23-14-16)21-12-7-15-6-10-20(11-8-18(15)21)17-4-2-1-3-5-17/h1-5,9,13-15,18H,6-8,10-12H2/t15-,18-/m1/s1. The monoisotopic (exact) mass is 310 g/mol. The van der Waals surface area contributed by atoms with Crippen LogP contribution in [0, 0.1) is 5.92 Å². The second-order valence-corrected chi connectivity index (χ2v) is 6.53. The average molecular weight is 310 g/mol. The minimum Gasteiger partial charge on any atom is -0.472 e. The number of amides is 1. The van der Waals surface area contributed by atoms with Crippen molar-refractivity contribution < 1.29 is 9.21 Å². The molecule has 4 rings (SSSR count). The molecule has 2 aliphatic rings. The lowest BCUT2D eigenvalue weighted by Gasteiger charge is -2.27. The average Bonchev–Trinajstić information content (AvgIpc) is 3.22. The van der Waals surface area contributed by atoms with E-state index in [9.17, 15) is 4.79 Å². The summed E-state index contributed by atoms with van der Waals surface area (Å²) < 4.78 is 5.08. The molecule has 23 heavy (non-hydrogen) atoms. The molecule has 4 nitrogen and oxygen atoms in total. The maximum absolute atomic E-state index is 12.7. The van der Waals surface area contributed by atoms with Gasteiger partial charge in [0.2, 0.25) is 0 Å². The van der Waals surface area contributed by atoms with Crippen LogP contribution >= 0.6 is 0 Å². The summed E-state index contributed by atoms with van der Waals surface area (Å²) in [5, 5.41) is 0. The van der Waals surface area contributed by atoms with Crippen molar-refractivity contribution >= 4 is 11.6 Å². The summed E-state index contributed by atoms with van der Waals surface area (Å²) in [6, 6.07) is 12.7. The molecule has 0 unspecified atom stereocenters. The molecule has 120 valence electrons. The number of furan rings is 1. The zero-order valence-electron chi connectivity index (χ0n) is 13.2. The van der Waals surface area contributed by atoms with Crippen LogP contribution < -0.4 is 4.90 Å². The molecule has 2 saturated heterocycles. The first kappa shape index (κ1) is 14.4. The lowest BCUT2D eigenvalue weighted by atomic mass is 9.95. The van der Waals surface area contributed by atoms with Crippen molar-refractivity contribution in [2.45, 2.75) is 25.3 Å². The summed E-state index contributed by atoms with van der Waals surface area (Å²) in [6.45, 7) is 2.98. The van der Waals surface area contributed by atoms with Crippen molar-refractivity contribution in [1.29, 1.82) is 0 Å². The summed E-state index contributed by atoms with van der Waals surface area (Å²) in [5.41, 5.74) is 1.97. The Kier molecular flexibility index (Phi) is 3.82. The predicted octanol–water partition coefficient (Wildman–Crippen LogP) is 3.41. The van der Waals surface area contributed by atoms with Gasteiger partial charge in [0.15, 0.2) is 0 Å². The van der Waals surface area contributed by atoms with Gasteiger partial charge >= 0.3 is 0 Å². The molecule has 2 aliphatic heterocycles. The van der Waals surface area contributed by atoms with Gasteiger partial charge < -0.3 is 14.2 Å². The summed E-state index contributed by atoms with van der Waals surface area (Å²) in [6.07, 6.45) is 6.46. The molecule has 1 amide bonds. The van der Waals surface area contributed by atoms with Crippen LogP contribution in [-0.2, 0) is 0 Å². The molecular formula is C19H22N2O2. The van der Waals surface area contributed by atoms with Gasteiger partial charge in [-0.25, -0.2) is 0 Å². The fourth-order valence-corrected chi connectivity index (χ4v) is 4.07. The van der Waals surface area contributed by atoms with Crippen molar-refractivity contribution in [3.8, 4) is 0 Å². The molecule has 4 heteroatoms. The third-order valence-corrected chi connectivity index (χ3v) is 5.30. The lowest BCUT2D eigenvalue weighted by Crippen LogP contribution is -2.38. The highest BCUT2D eigenvalue weighted by atomic mass is 16.3. The van der Waals surface area contributed by atoms with Gasteiger partial charge in [-0.2, -0.15) is 0 Å². The van der Waals surface area contributed by atoms with Gasteiger partial charge in [-0.05, 0) is 43.4 Å². The summed E-state index contributed by atoms with van der Waals surface area (Å²) in [4.78, 5) is 17.2. The Morgan fingerprint density at radius 2 is 1.78 bits per heavy atom. The Morgan fingerprint density at radius 3 is 2.57 bits per heavy atom. The number of para-hydroxylation sites is 1. The van der Waals surface area contributed by atoms with E-state index in [1.54, 1.807) is 18.6 Å². The van der Waals surface area contributed by atoms with Crippen LogP contribution in [0.5, 0.6) is 0 Å². The largest absolute Gasteiger partial charge is 0.472 e. The van der Waals surface area contributed by atoms with Crippen molar-refractivity contribution in [2.75, 3.05) is 24.5 Å². The molecule has 0 spiro atoms. The fraction of sp³-hybridized carbons (Fsp3) is 0.421. The van der Waals surface area contributed by atoms with E-state index in [2.05, 4.69) is 40.1 Å². The molecule has 3 heterocycles. The third-order valence-electron chi connectivity index (χ3n) is 5.30. The zero-order chi connectivity index (χ0) is 15.6. The molecule has 1 aromatic carbocycles. The summed E-state index contributed by atoms with van der Waals surface area (Å²) in [5.74, 6) is 0.749. The number of carbonyl (C=O) groups is 1. The van der Waals surface area contributed by atoms with Gasteiger partial charge in [-0.1, -0.05) is 18.2 Å². The molecular weight excluding hydrogens is 288 g/mol. The van der Waals surface area contributed by atoms with E-state index in [0.717, 1.165) is 38.9 Å². The van der Waals surface area contributed by atoms with Crippen LogP contribution in [0.15, 0.2) is 53.3 Å². The van der Waals surface area contributed by atoms with E-state index in [-0.39, 0.29) is 5.91 Å². The van der Waals surface area contributed by atoms with E-state index < -0.39 is 0 Å². The highest BCUT2D eigenvalue weighted by Crippen LogP contribution is 2.34. The van der Waals surface area contributed by atoms with E-state index in [1.165, 1.54) is 5.69 Å². The van der Waals surface area contributed by atoms with E-state index in [4.69, 9.17) is 4.42 Å². The number of carbonyl (C=O) groups excluding carboxylic acids is 1. The molecule has 1 aromatic heterocycles. The Hall–Kier alpha value is -2.23. The molecule has 0 radical (unpaired) electrons. The van der Waals surface area contributed by atoms with Gasteiger partial charge in [-0.3, -0.25) is 4.79 Å². The molecule has 0 N–H and O–H groups in total. The van der Waals surface area contributed by atoms with Gasteiger partial charge in [0.05, 0.1) is 11.8 Å². The first-order valence-corrected chi connectivity index (χ1v) is 8.46. The van der Waals surface area contributed by atoms with Crippen LogP contribution in [0.1, 0.15) is 29.6 Å². The molecule has 0 aliphatic carbocycles. The SMILES string of the molecule is O=C(c1ccoc1)N1CC[C@H]2CCN(c3ccccc3)CC[C@H]21. The molecule has 0 bridgehead atoms. The number of benzene rings is 1. The van der Waals surface area contributed by atoms with Crippen molar-refractivity contribution in [3.05, 3.63) is 54.5 Å². The Labute approximate surface area is 136 Å². The maximum atomic E-state index is 12.7. The van der Waals surface area contributed by atoms with Crippen LogP contribution in [0.3, 0.4) is 0 Å². The first-order chi connectivity index (χ1) is 11.3. The van der Waals surface area contributed by atoms with Crippen molar-refractivity contribution in [3.63, 3.8) is 0 Å². The first-order valence-electron chi connectivity index (χ1n) is 8.46. The molecule has 2 atom stereocenters. The van der Waals surface area contributed by atoms with E-state index in [0.29, 0.717) is 17.5 Å². The number of likely N-dealkylation sites (tertiary alicyclic amines) is 1. The number of fused-ring (bicyclic) bond motifs is 1. The number of hydrogen-bond donors (Lipinski definition) is 0. The van der Waals surface area contributed by atoms with Gasteiger partial charge in [0.1, 0.15) is 6.26 Å². The summed E-state index contributed by atoms with van der Waals surface area (Å²) in [7, 11) is 0. The normalized spacial score (nSPS) is 24.3. The van der Waals surface area contributed by atoms with Crippen LogP contribution in [0.4, 0.5) is 5.69 Å². The van der Waals surface area contributed by atoms with Gasteiger partial charge in [0.25, 0.3) is 5.91 Å². The van der Waals surface area contributed by atoms with Gasteiger partial charge in [0, 0.05) is 31.4 Å². The number of hydrogen-bond acceptors (Lipinski definition) is 3. The number of rotatable bonds is 2. The number of anilines is 1. The van der Waals surface area contributed by atoms with E-state index >= 15 is 0 Å². The van der Waals surface area contributed by atoms with Crippen molar-refractivity contribution in [1.82, 2.24) is 4.90 Å². The van der Waals surface area contributed by atoms with E-state index in [1.807, 2.05) is 0 Å². The fourth-order valence-electron chi connectivity index (χ4n) is 4.07. The molecule has 0 saturated carbocycles. The smallest absolute Gasteiger partial charge is 0.257 e. The Morgan fingerprint density at radius 1 is 1.00 bits per heavy atom. The maximum Gasteiger partial charge on any atom is 0.257 e. The van der Waals surface area contributed by atoms with Crippen molar-refractivity contribution in [2.24, 2.45) is 5.92 Å². The topological polar surface area (TPSA) is 36.7 Å². The highest BCUT2D eigenvalue weighted by Gasteiger charge is 2.38. The van der Waals surface area contributed by atoms with Crippen LogP contribution in [-0.4, -0.2) is 36.5 Å². The van der Waals surface area contributed by atoms with Crippen LogP contribution in [0.2, 0.25) is 0 Å². The summed E-state index contributed by atoms with van der Waals surface area (Å²) >= 11 is 0. The second kappa shape index (κ2) is 6.11. The minimum atomic E-state index is 0.124. The second-order valence-electron chi connectivity index (χ2n) is 6.53.